The molecule has 1 fully saturated rings. The van der Waals surface area contributed by atoms with Gasteiger partial charge in [0.1, 0.15) is 10.8 Å². The number of carbonyl (C=O) groups excluding carboxylic acids is 1. The maximum Gasteiger partial charge on any atom is 0.414 e. The maximum atomic E-state index is 12.6. The summed E-state index contributed by atoms with van der Waals surface area (Å²) in [5.74, 6) is 0. The van der Waals surface area contributed by atoms with Gasteiger partial charge in [-0.15, -0.1) is 11.3 Å². The Morgan fingerprint density at radius 3 is 2.56 bits per heavy atom. The topological polar surface area (TPSA) is 66.9 Å². The van der Waals surface area contributed by atoms with Crippen LogP contribution in [0.2, 0.25) is 0 Å². The quantitative estimate of drug-likeness (QED) is 0.823. The van der Waals surface area contributed by atoms with Gasteiger partial charge in [0.05, 0.1) is 5.69 Å². The number of nitrogens with zero attached hydrogens (tertiary/aromatic N) is 2. The second-order valence-corrected chi connectivity index (χ2v) is 9.23. The summed E-state index contributed by atoms with van der Waals surface area (Å²) in [4.78, 5) is 14.0. The minimum Gasteiger partial charge on any atom is -0.444 e. The highest BCUT2D eigenvalue weighted by atomic mass is 32.2. The average Bonchev–Trinajstić information content (AvgIpc) is 3.17. The third kappa shape index (κ3) is 2.94. The van der Waals surface area contributed by atoms with Gasteiger partial charge in [-0.3, -0.25) is 4.90 Å². The first kappa shape index (κ1) is 16.6. The number of para-hydroxylation sites is 1. The number of piperidine rings is 1. The Labute approximate surface area is 150 Å². The molecule has 0 aliphatic carbocycles. The van der Waals surface area contributed by atoms with E-state index in [1.807, 2.05) is 24.3 Å². The van der Waals surface area contributed by atoms with Crippen LogP contribution >= 0.6 is 11.3 Å². The summed E-state index contributed by atoms with van der Waals surface area (Å²) in [5.41, 5.74) is 1.86. The van der Waals surface area contributed by atoms with Crippen LogP contribution in [0, 0.1) is 0 Å². The Hall–Kier alpha value is -1.90. The van der Waals surface area contributed by atoms with Gasteiger partial charge in [-0.2, -0.15) is 4.31 Å². The van der Waals surface area contributed by atoms with Crippen LogP contribution in [0.15, 0.2) is 46.0 Å². The Bertz CT molecular complexity index is 872. The fourth-order valence-electron chi connectivity index (χ4n) is 3.40. The minimum absolute atomic E-state index is 0.0521. The molecule has 8 heteroatoms. The molecular weight excluding hydrogens is 360 g/mol. The summed E-state index contributed by atoms with van der Waals surface area (Å²) in [7, 11) is -3.43. The number of hydrogen-bond donors (Lipinski definition) is 0. The van der Waals surface area contributed by atoms with Crippen molar-refractivity contribution in [2.24, 2.45) is 0 Å². The summed E-state index contributed by atoms with van der Waals surface area (Å²) in [6.07, 6.45) is 0.834. The summed E-state index contributed by atoms with van der Waals surface area (Å²) in [6.45, 7) is 1.09. The van der Waals surface area contributed by atoms with Gasteiger partial charge in [-0.1, -0.05) is 24.3 Å². The zero-order chi connectivity index (χ0) is 17.4. The van der Waals surface area contributed by atoms with Gasteiger partial charge in [0.15, 0.2) is 0 Å². The first-order valence-electron chi connectivity index (χ1n) is 8.15. The highest BCUT2D eigenvalue weighted by Crippen LogP contribution is 2.33. The Kier molecular flexibility index (Phi) is 4.26. The molecule has 0 atom stereocenters. The third-order valence-electron chi connectivity index (χ3n) is 4.68. The lowest BCUT2D eigenvalue weighted by molar-refractivity contribution is 0.136. The molecule has 0 saturated carbocycles. The van der Waals surface area contributed by atoms with E-state index < -0.39 is 10.0 Å². The highest BCUT2D eigenvalue weighted by Gasteiger charge is 2.37. The van der Waals surface area contributed by atoms with E-state index >= 15 is 0 Å². The fourth-order valence-corrected chi connectivity index (χ4v) is 6.01. The van der Waals surface area contributed by atoms with Gasteiger partial charge < -0.3 is 4.74 Å². The molecule has 6 nitrogen and oxygen atoms in total. The van der Waals surface area contributed by atoms with E-state index in [0.717, 1.165) is 11.3 Å². The van der Waals surface area contributed by atoms with Crippen molar-refractivity contribution in [2.75, 3.05) is 18.0 Å². The smallest absolute Gasteiger partial charge is 0.414 e. The third-order valence-corrected chi connectivity index (χ3v) is 7.95. The van der Waals surface area contributed by atoms with Gasteiger partial charge in [0.25, 0.3) is 10.0 Å². The average molecular weight is 378 g/mol. The number of benzene rings is 1. The maximum absolute atomic E-state index is 12.6. The van der Waals surface area contributed by atoms with E-state index in [4.69, 9.17) is 4.74 Å². The van der Waals surface area contributed by atoms with E-state index in [0.29, 0.717) is 30.1 Å². The Morgan fingerprint density at radius 2 is 1.84 bits per heavy atom. The van der Waals surface area contributed by atoms with Crippen molar-refractivity contribution < 1.29 is 17.9 Å². The van der Waals surface area contributed by atoms with Crippen molar-refractivity contribution in [3.63, 3.8) is 0 Å². The van der Waals surface area contributed by atoms with E-state index in [1.54, 1.807) is 22.4 Å². The van der Waals surface area contributed by atoms with Gasteiger partial charge in [-0.25, -0.2) is 13.2 Å². The normalized spacial score (nSPS) is 19.5. The number of cyclic esters (lactones) is 1. The van der Waals surface area contributed by atoms with Crippen LogP contribution in [0.3, 0.4) is 0 Å². The van der Waals surface area contributed by atoms with E-state index in [-0.39, 0.29) is 18.7 Å². The summed E-state index contributed by atoms with van der Waals surface area (Å²) < 4.78 is 32.4. The lowest BCUT2D eigenvalue weighted by Crippen LogP contribution is -2.50. The summed E-state index contributed by atoms with van der Waals surface area (Å²) in [5, 5.41) is 1.76. The Morgan fingerprint density at radius 1 is 1.08 bits per heavy atom. The summed E-state index contributed by atoms with van der Waals surface area (Å²) in [6, 6.07) is 11.0. The van der Waals surface area contributed by atoms with E-state index in [2.05, 4.69) is 0 Å². The number of thiophene rings is 1. The van der Waals surface area contributed by atoms with Crippen molar-refractivity contribution in [3.8, 4) is 0 Å². The lowest BCUT2D eigenvalue weighted by Gasteiger charge is -2.39. The molecule has 1 amide bonds. The number of carbonyl (C=O) groups is 1. The molecule has 2 aliphatic rings. The first-order valence-corrected chi connectivity index (χ1v) is 10.5. The van der Waals surface area contributed by atoms with Crippen LogP contribution in [0.5, 0.6) is 0 Å². The number of rotatable bonds is 3. The van der Waals surface area contributed by atoms with Crippen LogP contribution in [-0.4, -0.2) is 37.9 Å². The molecule has 0 spiro atoms. The van der Waals surface area contributed by atoms with Crippen molar-refractivity contribution >= 4 is 33.1 Å². The molecule has 0 unspecified atom stereocenters. The van der Waals surface area contributed by atoms with Gasteiger partial charge in [0, 0.05) is 24.7 Å². The van der Waals surface area contributed by atoms with Gasteiger partial charge >= 0.3 is 6.09 Å². The molecule has 132 valence electrons. The number of anilines is 1. The number of fused-ring (bicyclic) bond motifs is 1. The number of ether oxygens (including phenoxy) is 1. The molecule has 0 radical (unpaired) electrons. The van der Waals surface area contributed by atoms with Gasteiger partial charge in [-0.05, 0) is 30.4 Å². The Balaban J connectivity index is 1.52. The van der Waals surface area contributed by atoms with Crippen LogP contribution in [0.25, 0.3) is 0 Å². The molecule has 1 saturated heterocycles. The van der Waals surface area contributed by atoms with Crippen LogP contribution in [0.4, 0.5) is 10.5 Å². The highest BCUT2D eigenvalue weighted by molar-refractivity contribution is 7.91. The number of amides is 1. The predicted octanol–water partition coefficient (Wildman–Crippen LogP) is 3.06. The monoisotopic (exact) mass is 378 g/mol. The predicted molar refractivity (Wildman–Crippen MR) is 95.2 cm³/mol. The summed E-state index contributed by atoms with van der Waals surface area (Å²) >= 11 is 1.23. The molecule has 3 heterocycles. The van der Waals surface area contributed by atoms with E-state index in [9.17, 15) is 13.2 Å². The van der Waals surface area contributed by atoms with Gasteiger partial charge in [0.2, 0.25) is 0 Å². The van der Waals surface area contributed by atoms with Crippen molar-refractivity contribution in [1.29, 1.82) is 0 Å². The molecule has 1 aromatic carbocycles. The zero-order valence-electron chi connectivity index (χ0n) is 13.5. The fraction of sp³-hybridized carbons (Fsp3) is 0.353. The number of sulfonamides is 1. The van der Waals surface area contributed by atoms with Crippen molar-refractivity contribution in [1.82, 2.24) is 4.31 Å². The van der Waals surface area contributed by atoms with E-state index in [1.165, 1.54) is 15.6 Å². The lowest BCUT2D eigenvalue weighted by atomic mass is 10.0. The molecule has 2 aliphatic heterocycles. The number of hydrogen-bond acceptors (Lipinski definition) is 5. The second kappa shape index (κ2) is 6.44. The molecule has 1 aromatic heterocycles. The van der Waals surface area contributed by atoms with Crippen LogP contribution in [-0.2, 0) is 21.4 Å². The SMILES string of the molecule is O=C1OCc2ccccc2N1C1CCN(S(=O)(=O)c2cccs2)CC1. The van der Waals surface area contributed by atoms with Crippen LogP contribution < -0.4 is 4.90 Å². The zero-order valence-corrected chi connectivity index (χ0v) is 15.1. The van der Waals surface area contributed by atoms with Crippen molar-refractivity contribution in [3.05, 3.63) is 47.3 Å². The largest absolute Gasteiger partial charge is 0.444 e. The molecular formula is C17H18N2O4S2. The van der Waals surface area contributed by atoms with Crippen LogP contribution in [0.1, 0.15) is 18.4 Å². The molecule has 2 aromatic rings. The minimum atomic E-state index is -3.43. The molecule has 0 bridgehead atoms. The first-order chi connectivity index (χ1) is 12.1. The standard InChI is InChI=1S/C17H18N2O4S2/c20-17-19(15-5-2-1-4-13(15)12-23-17)14-7-9-18(10-8-14)25(21,22)16-6-3-11-24-16/h1-6,11,14H,7-10,12H2. The second-order valence-electron chi connectivity index (χ2n) is 6.12. The molecule has 0 N–H and O–H groups in total. The molecule has 25 heavy (non-hydrogen) atoms. The molecule has 4 rings (SSSR count). The van der Waals surface area contributed by atoms with Crippen molar-refractivity contribution in [2.45, 2.75) is 29.7 Å².